The molecule has 0 saturated heterocycles. The molecule has 0 radical (unpaired) electrons. The topological polar surface area (TPSA) is 41.1 Å². The summed E-state index contributed by atoms with van der Waals surface area (Å²) in [6.45, 7) is 4.33. The molecule has 1 rings (SSSR count). The van der Waals surface area contributed by atoms with E-state index in [1.807, 2.05) is 6.92 Å². The molecule has 0 aliphatic carbocycles. The van der Waals surface area contributed by atoms with Crippen LogP contribution in [0.2, 0.25) is 5.02 Å². The van der Waals surface area contributed by atoms with Gasteiger partial charge >= 0.3 is 6.18 Å². The first kappa shape index (κ1) is 16.8. The smallest absolute Gasteiger partial charge is 0.324 e. The van der Waals surface area contributed by atoms with Crippen molar-refractivity contribution in [2.75, 3.05) is 11.9 Å². The Bertz CT molecular complexity index is 477. The number of rotatable bonds is 5. The number of hydrogen-bond donors (Lipinski definition) is 2. The quantitative estimate of drug-likeness (QED) is 0.871. The molecule has 2 N–H and O–H groups in total. The van der Waals surface area contributed by atoms with Crippen molar-refractivity contribution < 1.29 is 18.0 Å². The van der Waals surface area contributed by atoms with Crippen LogP contribution in [0.5, 0.6) is 0 Å². The maximum atomic E-state index is 12.8. The van der Waals surface area contributed by atoms with E-state index in [1.54, 1.807) is 6.92 Å². The van der Waals surface area contributed by atoms with Gasteiger partial charge in [-0.05, 0) is 25.6 Å². The van der Waals surface area contributed by atoms with Crippen LogP contribution in [0.4, 0.5) is 18.9 Å². The standard InChI is InChI=1S/C13H16ClF3N2O/c1-3-18-8(2)7-11(20)19-12-9(13(15,16)17)5-4-6-10(12)14/h4-6,8,18H,3,7H2,1-2H3,(H,19,20). The van der Waals surface area contributed by atoms with E-state index < -0.39 is 23.3 Å². The minimum absolute atomic E-state index is 0.0658. The molecule has 1 unspecified atom stereocenters. The molecule has 3 nitrogen and oxygen atoms in total. The number of halogens is 4. The van der Waals surface area contributed by atoms with Gasteiger partial charge in [-0.25, -0.2) is 0 Å². The number of carbonyl (C=O) groups is 1. The van der Waals surface area contributed by atoms with Crippen LogP contribution in [0.25, 0.3) is 0 Å². The molecule has 0 saturated carbocycles. The molecule has 0 bridgehead atoms. The second kappa shape index (κ2) is 6.95. The van der Waals surface area contributed by atoms with Crippen molar-refractivity contribution in [2.24, 2.45) is 0 Å². The third kappa shape index (κ3) is 4.68. The largest absolute Gasteiger partial charge is 0.418 e. The van der Waals surface area contributed by atoms with Gasteiger partial charge in [0.25, 0.3) is 0 Å². The number of para-hydroxylation sites is 1. The van der Waals surface area contributed by atoms with E-state index >= 15 is 0 Å². The van der Waals surface area contributed by atoms with Crippen LogP contribution in [0.15, 0.2) is 18.2 Å². The van der Waals surface area contributed by atoms with Gasteiger partial charge in [0.2, 0.25) is 5.91 Å². The van der Waals surface area contributed by atoms with E-state index in [0.29, 0.717) is 6.54 Å². The Kier molecular flexibility index (Phi) is 5.83. The molecule has 1 aromatic carbocycles. The zero-order valence-corrected chi connectivity index (χ0v) is 11.9. The first-order valence-corrected chi connectivity index (χ1v) is 6.52. The molecule has 0 spiro atoms. The first-order valence-electron chi connectivity index (χ1n) is 6.14. The number of hydrogen-bond acceptors (Lipinski definition) is 2. The summed E-state index contributed by atoms with van der Waals surface area (Å²) in [5.41, 5.74) is -1.34. The minimum Gasteiger partial charge on any atom is -0.324 e. The molecule has 20 heavy (non-hydrogen) atoms. The molecule has 1 aromatic rings. The Morgan fingerprint density at radius 3 is 2.60 bits per heavy atom. The van der Waals surface area contributed by atoms with Crippen LogP contribution in [-0.4, -0.2) is 18.5 Å². The normalized spacial score (nSPS) is 13.1. The van der Waals surface area contributed by atoms with Gasteiger partial charge in [0, 0.05) is 12.5 Å². The molecule has 1 amide bonds. The van der Waals surface area contributed by atoms with Gasteiger partial charge in [0.05, 0.1) is 16.3 Å². The second-order valence-electron chi connectivity index (χ2n) is 4.37. The Morgan fingerprint density at radius 1 is 1.40 bits per heavy atom. The number of benzene rings is 1. The summed E-state index contributed by atoms with van der Waals surface area (Å²) in [6, 6.07) is 3.26. The number of nitrogens with one attached hydrogen (secondary N) is 2. The van der Waals surface area contributed by atoms with Crippen molar-refractivity contribution in [1.29, 1.82) is 0 Å². The summed E-state index contributed by atoms with van der Waals surface area (Å²) in [7, 11) is 0. The van der Waals surface area contributed by atoms with Gasteiger partial charge in [0.1, 0.15) is 0 Å². The van der Waals surface area contributed by atoms with Crippen LogP contribution in [-0.2, 0) is 11.0 Å². The summed E-state index contributed by atoms with van der Waals surface area (Å²) in [5.74, 6) is -0.517. The monoisotopic (exact) mass is 308 g/mol. The SMILES string of the molecule is CCNC(C)CC(=O)Nc1c(Cl)cccc1C(F)(F)F. The summed E-state index contributed by atoms with van der Waals surface area (Å²) >= 11 is 5.75. The average Bonchev–Trinajstić information content (AvgIpc) is 2.30. The highest BCUT2D eigenvalue weighted by Crippen LogP contribution is 2.38. The van der Waals surface area contributed by atoms with Gasteiger partial charge in [0.15, 0.2) is 0 Å². The lowest BCUT2D eigenvalue weighted by atomic mass is 10.1. The van der Waals surface area contributed by atoms with E-state index in [9.17, 15) is 18.0 Å². The van der Waals surface area contributed by atoms with Crippen molar-refractivity contribution in [1.82, 2.24) is 5.32 Å². The maximum Gasteiger partial charge on any atom is 0.418 e. The Labute approximate surface area is 120 Å². The minimum atomic E-state index is -4.57. The number of amides is 1. The fourth-order valence-corrected chi connectivity index (χ4v) is 2.00. The molecular formula is C13H16ClF3N2O. The number of anilines is 1. The predicted molar refractivity (Wildman–Crippen MR) is 72.8 cm³/mol. The van der Waals surface area contributed by atoms with E-state index in [1.165, 1.54) is 12.1 Å². The third-order valence-corrected chi connectivity index (χ3v) is 2.94. The Balaban J connectivity index is 2.89. The lowest BCUT2D eigenvalue weighted by Crippen LogP contribution is -2.30. The molecule has 7 heteroatoms. The lowest BCUT2D eigenvalue weighted by molar-refractivity contribution is -0.137. The predicted octanol–water partition coefficient (Wildman–Crippen LogP) is 3.69. The van der Waals surface area contributed by atoms with Crippen LogP contribution in [0, 0.1) is 0 Å². The van der Waals surface area contributed by atoms with Crippen LogP contribution >= 0.6 is 11.6 Å². The van der Waals surface area contributed by atoms with Gasteiger partial charge in [-0.2, -0.15) is 13.2 Å². The second-order valence-corrected chi connectivity index (χ2v) is 4.78. The molecule has 1 atom stereocenters. The number of alkyl halides is 3. The van der Waals surface area contributed by atoms with Gasteiger partial charge < -0.3 is 10.6 Å². The zero-order valence-electron chi connectivity index (χ0n) is 11.1. The van der Waals surface area contributed by atoms with Crippen molar-refractivity contribution >= 4 is 23.2 Å². The molecule has 0 aliphatic heterocycles. The van der Waals surface area contributed by atoms with E-state index in [4.69, 9.17) is 11.6 Å². The van der Waals surface area contributed by atoms with Crippen molar-refractivity contribution in [3.8, 4) is 0 Å². The highest BCUT2D eigenvalue weighted by atomic mass is 35.5. The lowest BCUT2D eigenvalue weighted by Gasteiger charge is -2.16. The maximum absolute atomic E-state index is 12.8. The summed E-state index contributed by atoms with van der Waals surface area (Å²) in [6.07, 6.45) is -4.50. The fourth-order valence-electron chi connectivity index (χ4n) is 1.78. The fraction of sp³-hybridized carbons (Fsp3) is 0.462. The summed E-state index contributed by atoms with van der Waals surface area (Å²) in [5, 5.41) is 5.11. The summed E-state index contributed by atoms with van der Waals surface area (Å²) < 4.78 is 38.5. The van der Waals surface area contributed by atoms with E-state index in [-0.39, 0.29) is 17.5 Å². The molecule has 0 fully saturated rings. The Hall–Kier alpha value is -1.27. The highest BCUT2D eigenvalue weighted by molar-refractivity contribution is 6.34. The van der Waals surface area contributed by atoms with Crippen LogP contribution in [0.1, 0.15) is 25.8 Å². The van der Waals surface area contributed by atoms with E-state index in [2.05, 4.69) is 10.6 Å². The van der Waals surface area contributed by atoms with Gasteiger partial charge in [-0.3, -0.25) is 4.79 Å². The van der Waals surface area contributed by atoms with Crippen molar-refractivity contribution in [3.05, 3.63) is 28.8 Å². The molecular weight excluding hydrogens is 293 g/mol. The average molecular weight is 309 g/mol. The molecule has 0 heterocycles. The van der Waals surface area contributed by atoms with Crippen LogP contribution in [0.3, 0.4) is 0 Å². The van der Waals surface area contributed by atoms with Crippen molar-refractivity contribution in [2.45, 2.75) is 32.5 Å². The van der Waals surface area contributed by atoms with E-state index in [0.717, 1.165) is 6.07 Å². The van der Waals surface area contributed by atoms with Crippen LogP contribution < -0.4 is 10.6 Å². The van der Waals surface area contributed by atoms with Crippen molar-refractivity contribution in [3.63, 3.8) is 0 Å². The van der Waals surface area contributed by atoms with Gasteiger partial charge in [-0.1, -0.05) is 24.6 Å². The molecule has 112 valence electrons. The Morgan fingerprint density at radius 2 is 2.05 bits per heavy atom. The molecule has 0 aliphatic rings. The zero-order chi connectivity index (χ0) is 15.3. The first-order chi connectivity index (χ1) is 9.25. The van der Waals surface area contributed by atoms with Gasteiger partial charge in [-0.15, -0.1) is 0 Å². The molecule has 0 aromatic heterocycles. The number of carbonyl (C=O) groups excluding carboxylic acids is 1. The summed E-state index contributed by atoms with van der Waals surface area (Å²) in [4.78, 5) is 11.8. The third-order valence-electron chi connectivity index (χ3n) is 2.63. The highest BCUT2D eigenvalue weighted by Gasteiger charge is 2.34.